The van der Waals surface area contributed by atoms with Crippen LogP contribution in [-0.2, 0) is 9.53 Å². The third-order valence-electron chi connectivity index (χ3n) is 4.78. The third-order valence-corrected chi connectivity index (χ3v) is 4.78. The summed E-state index contributed by atoms with van der Waals surface area (Å²) in [6.45, 7) is 1.32. The standard InChI is InChI=1S/C17H23FN2O2/c18-14-7-3-2-6-13(14)15-12-20(10-11-22-15)16(21)17(19)8-4-1-5-9-17/h2-3,6-7,15H,1,4-5,8-12,19H2. The molecular weight excluding hydrogens is 283 g/mol. The van der Waals surface area contributed by atoms with Gasteiger partial charge in [-0.3, -0.25) is 4.79 Å². The minimum atomic E-state index is -0.741. The monoisotopic (exact) mass is 306 g/mol. The fraction of sp³-hybridized carbons (Fsp3) is 0.588. The molecule has 120 valence electrons. The van der Waals surface area contributed by atoms with Gasteiger partial charge in [0.1, 0.15) is 11.9 Å². The Kier molecular flexibility index (Phi) is 4.45. The Labute approximate surface area is 130 Å². The van der Waals surface area contributed by atoms with Gasteiger partial charge in [-0.15, -0.1) is 0 Å². The Morgan fingerprint density at radius 1 is 1.27 bits per heavy atom. The molecule has 1 saturated carbocycles. The predicted octanol–water partition coefficient (Wildman–Crippen LogP) is 2.39. The molecule has 1 saturated heterocycles. The molecule has 1 atom stereocenters. The van der Waals surface area contributed by atoms with E-state index in [9.17, 15) is 9.18 Å². The highest BCUT2D eigenvalue weighted by atomic mass is 19.1. The van der Waals surface area contributed by atoms with Crippen molar-refractivity contribution in [1.82, 2.24) is 4.90 Å². The van der Waals surface area contributed by atoms with Gasteiger partial charge in [0.2, 0.25) is 5.91 Å². The van der Waals surface area contributed by atoms with Crippen molar-refractivity contribution in [3.05, 3.63) is 35.6 Å². The molecule has 1 heterocycles. The summed E-state index contributed by atoms with van der Waals surface area (Å²) in [6, 6.07) is 6.58. The van der Waals surface area contributed by atoms with E-state index in [-0.39, 0.29) is 11.7 Å². The Hall–Kier alpha value is -1.46. The highest BCUT2D eigenvalue weighted by Gasteiger charge is 2.40. The summed E-state index contributed by atoms with van der Waals surface area (Å²) >= 11 is 0. The van der Waals surface area contributed by atoms with Gasteiger partial charge >= 0.3 is 0 Å². The highest BCUT2D eigenvalue weighted by molar-refractivity contribution is 5.86. The number of morpholine rings is 1. The van der Waals surface area contributed by atoms with Crippen molar-refractivity contribution in [1.29, 1.82) is 0 Å². The largest absolute Gasteiger partial charge is 0.370 e. The van der Waals surface area contributed by atoms with Crippen LogP contribution in [0.2, 0.25) is 0 Å². The second-order valence-electron chi connectivity index (χ2n) is 6.35. The molecule has 1 amide bonds. The highest BCUT2D eigenvalue weighted by Crippen LogP contribution is 2.30. The number of hydrogen-bond acceptors (Lipinski definition) is 3. The van der Waals surface area contributed by atoms with Gasteiger partial charge in [-0.2, -0.15) is 0 Å². The fourth-order valence-electron chi connectivity index (χ4n) is 3.47. The minimum Gasteiger partial charge on any atom is -0.370 e. The number of nitrogens with two attached hydrogens (primary N) is 1. The summed E-state index contributed by atoms with van der Waals surface area (Å²) < 4.78 is 19.6. The molecule has 1 aromatic carbocycles. The van der Waals surface area contributed by atoms with Crippen LogP contribution in [-0.4, -0.2) is 36.0 Å². The number of carbonyl (C=O) groups excluding carboxylic acids is 1. The van der Waals surface area contributed by atoms with E-state index in [1.807, 2.05) is 0 Å². The molecule has 1 unspecified atom stereocenters. The molecule has 1 aliphatic carbocycles. The van der Waals surface area contributed by atoms with Gasteiger partial charge in [0.15, 0.2) is 0 Å². The van der Waals surface area contributed by atoms with Crippen LogP contribution in [0.25, 0.3) is 0 Å². The van der Waals surface area contributed by atoms with Gasteiger partial charge in [0, 0.05) is 12.1 Å². The first-order valence-electron chi connectivity index (χ1n) is 8.04. The van der Waals surface area contributed by atoms with Gasteiger partial charge in [0.25, 0.3) is 0 Å². The van der Waals surface area contributed by atoms with E-state index in [0.717, 1.165) is 32.1 Å². The van der Waals surface area contributed by atoms with E-state index in [1.165, 1.54) is 6.07 Å². The van der Waals surface area contributed by atoms with Gasteiger partial charge in [0.05, 0.1) is 18.7 Å². The maximum absolute atomic E-state index is 13.9. The lowest BCUT2D eigenvalue weighted by molar-refractivity contribution is -0.146. The smallest absolute Gasteiger partial charge is 0.242 e. The first-order valence-corrected chi connectivity index (χ1v) is 8.04. The fourth-order valence-corrected chi connectivity index (χ4v) is 3.47. The van der Waals surface area contributed by atoms with Crippen LogP contribution in [0.5, 0.6) is 0 Å². The molecule has 1 aromatic rings. The van der Waals surface area contributed by atoms with Crippen LogP contribution >= 0.6 is 0 Å². The summed E-state index contributed by atoms with van der Waals surface area (Å²) in [6.07, 6.45) is 4.23. The molecule has 3 rings (SSSR count). The first kappa shape index (κ1) is 15.4. The molecule has 2 N–H and O–H groups in total. The number of ether oxygens (including phenoxy) is 1. The lowest BCUT2D eigenvalue weighted by Crippen LogP contribution is -2.58. The second kappa shape index (κ2) is 6.34. The number of nitrogens with zero attached hydrogens (tertiary/aromatic N) is 1. The van der Waals surface area contributed by atoms with Gasteiger partial charge in [-0.1, -0.05) is 37.5 Å². The molecule has 2 fully saturated rings. The Bertz CT molecular complexity index is 543. The van der Waals surface area contributed by atoms with Crippen molar-refractivity contribution in [3.63, 3.8) is 0 Å². The molecular formula is C17H23FN2O2. The van der Waals surface area contributed by atoms with Crippen LogP contribution in [0.3, 0.4) is 0 Å². The molecule has 22 heavy (non-hydrogen) atoms. The Morgan fingerprint density at radius 3 is 2.73 bits per heavy atom. The van der Waals surface area contributed by atoms with Crippen molar-refractivity contribution in [2.75, 3.05) is 19.7 Å². The maximum Gasteiger partial charge on any atom is 0.242 e. The predicted molar refractivity (Wildman–Crippen MR) is 81.7 cm³/mol. The average molecular weight is 306 g/mol. The van der Waals surface area contributed by atoms with Gasteiger partial charge in [-0.25, -0.2) is 4.39 Å². The molecule has 0 radical (unpaired) electrons. The minimum absolute atomic E-state index is 0.00293. The van der Waals surface area contributed by atoms with Gasteiger partial charge in [-0.05, 0) is 18.9 Å². The SMILES string of the molecule is NC1(C(=O)N2CCOC(c3ccccc3F)C2)CCCCC1. The Balaban J connectivity index is 1.73. The van der Waals surface area contributed by atoms with Crippen LogP contribution in [0.4, 0.5) is 4.39 Å². The van der Waals surface area contributed by atoms with Gasteiger partial charge < -0.3 is 15.4 Å². The zero-order valence-electron chi connectivity index (χ0n) is 12.8. The van der Waals surface area contributed by atoms with E-state index >= 15 is 0 Å². The first-order chi connectivity index (χ1) is 10.6. The summed E-state index contributed by atoms with van der Waals surface area (Å²) in [4.78, 5) is 14.5. The molecule has 4 nitrogen and oxygen atoms in total. The van der Waals surface area contributed by atoms with E-state index in [2.05, 4.69) is 0 Å². The summed E-state index contributed by atoms with van der Waals surface area (Å²) in [7, 11) is 0. The molecule has 1 aliphatic heterocycles. The molecule has 0 spiro atoms. The summed E-state index contributed by atoms with van der Waals surface area (Å²) in [5.41, 5.74) is 6.11. The molecule has 0 aromatic heterocycles. The maximum atomic E-state index is 13.9. The van der Waals surface area contributed by atoms with Crippen molar-refractivity contribution in [2.45, 2.75) is 43.7 Å². The van der Waals surface area contributed by atoms with Crippen LogP contribution in [0, 0.1) is 5.82 Å². The second-order valence-corrected chi connectivity index (χ2v) is 6.35. The topological polar surface area (TPSA) is 55.6 Å². The van der Waals surface area contributed by atoms with Crippen molar-refractivity contribution < 1.29 is 13.9 Å². The zero-order valence-corrected chi connectivity index (χ0v) is 12.8. The molecule has 5 heteroatoms. The number of halogens is 1. The number of hydrogen-bond donors (Lipinski definition) is 1. The molecule has 0 bridgehead atoms. The normalized spacial score (nSPS) is 25.0. The Morgan fingerprint density at radius 2 is 2.00 bits per heavy atom. The lowest BCUT2D eigenvalue weighted by Gasteiger charge is -2.40. The van der Waals surface area contributed by atoms with E-state index in [4.69, 9.17) is 10.5 Å². The van der Waals surface area contributed by atoms with Crippen LogP contribution in [0.1, 0.15) is 43.8 Å². The zero-order chi connectivity index (χ0) is 15.6. The summed E-state index contributed by atoms with van der Waals surface area (Å²) in [5, 5.41) is 0. The van der Waals surface area contributed by atoms with Crippen LogP contribution in [0.15, 0.2) is 24.3 Å². The van der Waals surface area contributed by atoms with Crippen molar-refractivity contribution >= 4 is 5.91 Å². The van der Waals surface area contributed by atoms with Crippen LogP contribution < -0.4 is 5.73 Å². The third kappa shape index (κ3) is 3.01. The van der Waals surface area contributed by atoms with E-state index in [0.29, 0.717) is 25.3 Å². The number of carbonyl (C=O) groups is 1. The number of amides is 1. The van der Waals surface area contributed by atoms with E-state index in [1.54, 1.807) is 23.1 Å². The lowest BCUT2D eigenvalue weighted by atomic mass is 9.81. The van der Waals surface area contributed by atoms with Crippen molar-refractivity contribution in [3.8, 4) is 0 Å². The van der Waals surface area contributed by atoms with E-state index < -0.39 is 11.6 Å². The number of benzene rings is 1. The van der Waals surface area contributed by atoms with Crippen molar-refractivity contribution in [2.24, 2.45) is 5.73 Å². The average Bonchev–Trinajstić information content (AvgIpc) is 2.55. The molecule has 2 aliphatic rings. The number of rotatable bonds is 2. The quantitative estimate of drug-likeness (QED) is 0.913. The summed E-state index contributed by atoms with van der Waals surface area (Å²) in [5.74, 6) is -0.293.